The highest BCUT2D eigenvalue weighted by molar-refractivity contribution is 5.86. The van der Waals surface area contributed by atoms with Crippen molar-refractivity contribution >= 4 is 23.0 Å². The Labute approximate surface area is 176 Å². The molecule has 2 aromatic heterocycles. The summed E-state index contributed by atoms with van der Waals surface area (Å²) in [7, 11) is 0. The SMILES string of the molecule is O=C(NC(Cc1cn(Cc2nn[nH]n2)c2ccccc12)C(=O)O)OCc1ccccc1. The number of para-hydroxylation sites is 1. The van der Waals surface area contributed by atoms with Gasteiger partial charge in [0.25, 0.3) is 0 Å². The molecule has 0 saturated heterocycles. The van der Waals surface area contributed by atoms with Gasteiger partial charge in [-0.1, -0.05) is 53.7 Å². The number of benzene rings is 2. The second kappa shape index (κ2) is 9.08. The molecule has 0 fully saturated rings. The monoisotopic (exact) mass is 420 g/mol. The normalized spacial score (nSPS) is 11.9. The van der Waals surface area contributed by atoms with Crippen molar-refractivity contribution in [1.29, 1.82) is 0 Å². The van der Waals surface area contributed by atoms with Crippen molar-refractivity contribution < 1.29 is 19.4 Å². The van der Waals surface area contributed by atoms with Crippen LogP contribution in [-0.4, -0.2) is 48.4 Å². The van der Waals surface area contributed by atoms with Crippen molar-refractivity contribution in [2.75, 3.05) is 0 Å². The highest BCUT2D eigenvalue weighted by atomic mass is 16.5. The predicted octanol–water partition coefficient (Wildman–Crippen LogP) is 2.12. The third kappa shape index (κ3) is 4.86. The number of hydrogen-bond donors (Lipinski definition) is 3. The number of fused-ring (bicyclic) bond motifs is 1. The van der Waals surface area contributed by atoms with E-state index >= 15 is 0 Å². The average Bonchev–Trinajstić information content (AvgIpc) is 3.41. The van der Waals surface area contributed by atoms with Crippen molar-refractivity contribution in [3.63, 3.8) is 0 Å². The Balaban J connectivity index is 1.49. The number of tetrazole rings is 1. The van der Waals surface area contributed by atoms with Crippen LogP contribution in [0.15, 0.2) is 60.8 Å². The predicted molar refractivity (Wildman–Crippen MR) is 110 cm³/mol. The van der Waals surface area contributed by atoms with Crippen LogP contribution in [0.1, 0.15) is 17.0 Å². The van der Waals surface area contributed by atoms with Crippen molar-refractivity contribution in [2.24, 2.45) is 0 Å². The van der Waals surface area contributed by atoms with E-state index in [1.165, 1.54) is 0 Å². The van der Waals surface area contributed by atoms with Crippen molar-refractivity contribution in [3.8, 4) is 0 Å². The zero-order valence-corrected chi connectivity index (χ0v) is 16.4. The lowest BCUT2D eigenvalue weighted by molar-refractivity contribution is -0.139. The molecule has 31 heavy (non-hydrogen) atoms. The lowest BCUT2D eigenvalue weighted by Gasteiger charge is -2.14. The number of hydrogen-bond acceptors (Lipinski definition) is 6. The summed E-state index contributed by atoms with van der Waals surface area (Å²) in [6.45, 7) is 0.435. The summed E-state index contributed by atoms with van der Waals surface area (Å²) in [6, 6.07) is 15.6. The maximum absolute atomic E-state index is 12.2. The van der Waals surface area contributed by atoms with Gasteiger partial charge in [0.1, 0.15) is 12.6 Å². The highest BCUT2D eigenvalue weighted by Gasteiger charge is 2.23. The molecule has 0 saturated carbocycles. The fourth-order valence-electron chi connectivity index (χ4n) is 3.35. The van der Waals surface area contributed by atoms with E-state index in [-0.39, 0.29) is 13.0 Å². The molecule has 0 bridgehead atoms. The molecule has 0 radical (unpaired) electrons. The molecular weight excluding hydrogens is 400 g/mol. The molecule has 4 aromatic rings. The zero-order valence-electron chi connectivity index (χ0n) is 16.4. The largest absolute Gasteiger partial charge is 0.480 e. The number of H-pyrrole nitrogens is 1. The van der Waals surface area contributed by atoms with Crippen LogP contribution in [-0.2, 0) is 29.1 Å². The molecule has 1 unspecified atom stereocenters. The van der Waals surface area contributed by atoms with E-state index in [2.05, 4.69) is 25.9 Å². The van der Waals surface area contributed by atoms with E-state index < -0.39 is 18.1 Å². The van der Waals surface area contributed by atoms with Crippen LogP contribution in [0.2, 0.25) is 0 Å². The number of aliphatic carboxylic acids is 1. The summed E-state index contributed by atoms with van der Waals surface area (Å²) in [5.74, 6) is -0.642. The Morgan fingerprint density at radius 1 is 1.13 bits per heavy atom. The molecule has 1 atom stereocenters. The number of alkyl carbamates (subject to hydrolysis) is 1. The number of ether oxygens (including phenoxy) is 1. The number of carbonyl (C=O) groups is 2. The number of carbonyl (C=O) groups excluding carboxylic acids is 1. The minimum atomic E-state index is -1.15. The minimum Gasteiger partial charge on any atom is -0.480 e. The summed E-state index contributed by atoms with van der Waals surface area (Å²) < 4.78 is 7.08. The summed E-state index contributed by atoms with van der Waals surface area (Å²) in [5.41, 5.74) is 2.49. The number of nitrogens with one attached hydrogen (secondary N) is 2. The van der Waals surface area contributed by atoms with Gasteiger partial charge in [0, 0.05) is 23.5 Å². The van der Waals surface area contributed by atoms with E-state index in [9.17, 15) is 14.7 Å². The maximum Gasteiger partial charge on any atom is 0.408 e. The first-order valence-corrected chi connectivity index (χ1v) is 9.59. The minimum absolute atomic E-state index is 0.0586. The fraction of sp³-hybridized carbons (Fsp3) is 0.190. The lowest BCUT2D eigenvalue weighted by Crippen LogP contribution is -2.42. The third-order valence-corrected chi connectivity index (χ3v) is 4.80. The summed E-state index contributed by atoms with van der Waals surface area (Å²) in [6.07, 6.45) is 1.15. The second-order valence-electron chi connectivity index (χ2n) is 6.93. The fourth-order valence-corrected chi connectivity index (χ4v) is 3.35. The molecule has 158 valence electrons. The Hall–Kier alpha value is -4.21. The second-order valence-corrected chi connectivity index (χ2v) is 6.93. The molecule has 3 N–H and O–H groups in total. The molecule has 0 aliphatic carbocycles. The van der Waals surface area contributed by atoms with Crippen LogP contribution in [0, 0.1) is 0 Å². The Morgan fingerprint density at radius 3 is 2.65 bits per heavy atom. The molecule has 10 nitrogen and oxygen atoms in total. The van der Waals surface area contributed by atoms with Crippen LogP contribution in [0.5, 0.6) is 0 Å². The summed E-state index contributed by atoms with van der Waals surface area (Å²) >= 11 is 0. The van der Waals surface area contributed by atoms with Crippen LogP contribution < -0.4 is 5.32 Å². The van der Waals surface area contributed by atoms with Gasteiger partial charge < -0.3 is 19.7 Å². The molecule has 2 heterocycles. The molecule has 4 rings (SSSR count). The van der Waals surface area contributed by atoms with Gasteiger partial charge in [-0.3, -0.25) is 0 Å². The molecule has 1 amide bonds. The van der Waals surface area contributed by atoms with Gasteiger partial charge in [0.2, 0.25) is 0 Å². The van der Waals surface area contributed by atoms with Gasteiger partial charge in [-0.2, -0.15) is 5.21 Å². The number of carboxylic acids is 1. The number of rotatable bonds is 8. The van der Waals surface area contributed by atoms with Gasteiger partial charge in [-0.05, 0) is 17.2 Å². The van der Waals surface area contributed by atoms with Crippen LogP contribution in [0.4, 0.5) is 4.79 Å². The van der Waals surface area contributed by atoms with Gasteiger partial charge in [-0.25, -0.2) is 9.59 Å². The van der Waals surface area contributed by atoms with E-state index in [1.54, 1.807) is 0 Å². The number of nitrogens with zero attached hydrogens (tertiary/aromatic N) is 4. The van der Waals surface area contributed by atoms with Crippen LogP contribution >= 0.6 is 0 Å². The first kappa shape index (κ1) is 20.1. The Morgan fingerprint density at radius 2 is 1.90 bits per heavy atom. The third-order valence-electron chi connectivity index (χ3n) is 4.80. The Kier molecular flexibility index (Phi) is 5.88. The smallest absolute Gasteiger partial charge is 0.408 e. The highest BCUT2D eigenvalue weighted by Crippen LogP contribution is 2.23. The lowest BCUT2D eigenvalue weighted by atomic mass is 10.1. The van der Waals surface area contributed by atoms with Crippen molar-refractivity contribution in [3.05, 3.63) is 77.7 Å². The summed E-state index contributed by atoms with van der Waals surface area (Å²) in [4.78, 5) is 24.0. The summed E-state index contributed by atoms with van der Waals surface area (Å²) in [5, 5.41) is 26.9. The number of amides is 1. The first-order valence-electron chi connectivity index (χ1n) is 9.59. The molecular formula is C21H20N6O4. The molecule has 2 aromatic carbocycles. The van der Waals surface area contributed by atoms with E-state index in [4.69, 9.17) is 4.74 Å². The van der Waals surface area contributed by atoms with Gasteiger partial charge in [-0.15, -0.1) is 10.2 Å². The first-order chi connectivity index (χ1) is 15.1. The van der Waals surface area contributed by atoms with Gasteiger partial charge in [0.15, 0.2) is 5.82 Å². The molecule has 10 heteroatoms. The number of carboxylic acid groups (broad SMARTS) is 1. The topological polar surface area (TPSA) is 135 Å². The maximum atomic E-state index is 12.2. The zero-order chi connectivity index (χ0) is 21.6. The van der Waals surface area contributed by atoms with Crippen LogP contribution in [0.3, 0.4) is 0 Å². The molecule has 0 aliphatic rings. The van der Waals surface area contributed by atoms with Gasteiger partial charge in [0.05, 0.1) is 6.54 Å². The van der Waals surface area contributed by atoms with Crippen molar-refractivity contribution in [2.45, 2.75) is 25.6 Å². The number of aromatic amines is 1. The quantitative estimate of drug-likeness (QED) is 0.397. The molecule has 0 spiro atoms. The standard InChI is InChI=1S/C21H20N6O4/c28-20(29)17(22-21(30)31-13-14-6-2-1-3-7-14)10-15-11-27(12-19-23-25-26-24-19)18-9-5-4-8-16(15)18/h1-9,11,17H,10,12-13H2,(H,22,30)(H,28,29)(H,23,24,25,26). The number of aromatic nitrogens is 5. The van der Waals surface area contributed by atoms with E-state index in [0.29, 0.717) is 12.4 Å². The van der Waals surface area contributed by atoms with E-state index in [1.807, 2.05) is 65.4 Å². The Bertz CT molecular complexity index is 1170. The molecule has 0 aliphatic heterocycles. The van der Waals surface area contributed by atoms with E-state index in [0.717, 1.165) is 22.0 Å². The van der Waals surface area contributed by atoms with Crippen LogP contribution in [0.25, 0.3) is 10.9 Å². The van der Waals surface area contributed by atoms with Crippen molar-refractivity contribution in [1.82, 2.24) is 30.5 Å². The average molecular weight is 420 g/mol. The van der Waals surface area contributed by atoms with Gasteiger partial charge >= 0.3 is 12.1 Å².